The summed E-state index contributed by atoms with van der Waals surface area (Å²) in [4.78, 5) is 10.1. The van der Waals surface area contributed by atoms with Gasteiger partial charge in [0.15, 0.2) is 5.82 Å². The number of benzene rings is 11. The highest BCUT2D eigenvalue weighted by Crippen LogP contribution is 2.44. The first-order valence-electron chi connectivity index (χ1n) is 30.7. The molecule has 0 atom stereocenters. The molecule has 0 amide bonds. The largest absolute Gasteiger partial charge is 0.309 e. The molecule has 0 bridgehead atoms. The third-order valence-corrected chi connectivity index (χ3v) is 17.8. The molecule has 0 aliphatic carbocycles. The van der Waals surface area contributed by atoms with E-state index in [-0.39, 0.29) is 83.7 Å². The van der Waals surface area contributed by atoms with Crippen molar-refractivity contribution in [3.63, 3.8) is 0 Å². The van der Waals surface area contributed by atoms with E-state index < -0.39 is 0 Å². The molecule has 0 saturated carbocycles. The maximum absolute atomic E-state index is 11.3. The molecule has 458 valence electrons. The number of rotatable bonds is 9. The van der Waals surface area contributed by atoms with Crippen molar-refractivity contribution in [2.75, 3.05) is 0 Å². The maximum atomic E-state index is 11.3. The summed E-state index contributed by atoms with van der Waals surface area (Å²) in [6, 6.07) is 84.4. The Morgan fingerprint density at radius 1 is 0.225 bits per heavy atom. The zero-order valence-corrected chi connectivity index (χ0v) is 52.5. The number of hydrogen-bond donors (Lipinski definition) is 0. The van der Waals surface area contributed by atoms with Gasteiger partial charge >= 0.3 is 0 Å². The Morgan fingerprint density at radius 3 is 0.735 bits per heavy atom. The minimum Gasteiger partial charge on any atom is -0.309 e. The molecular weight excluding hydrogens is 1260 g/mol. The zero-order chi connectivity index (χ0) is 71.0. The number of nitriles is 14. The van der Waals surface area contributed by atoms with E-state index in [0.29, 0.717) is 128 Å². The van der Waals surface area contributed by atoms with Gasteiger partial charge in [-0.2, -0.15) is 73.7 Å². The van der Waals surface area contributed by atoms with E-state index in [1.54, 1.807) is 54.6 Å². The average molecular weight is 1290 g/mol. The normalized spacial score (nSPS) is 10.4. The summed E-state index contributed by atoms with van der Waals surface area (Å²) in [5, 5.41) is 147. The van der Waals surface area contributed by atoms with Gasteiger partial charge in [-0.05, 0) is 162 Å². The first-order chi connectivity index (χ1) is 49.9. The van der Waals surface area contributed by atoms with Gasteiger partial charge in [0.05, 0.1) is 196 Å². The predicted octanol–water partition coefficient (Wildman–Crippen LogP) is 16.5. The van der Waals surface area contributed by atoms with Crippen molar-refractivity contribution < 1.29 is 0 Å². The first kappa shape index (κ1) is 62.4. The van der Waals surface area contributed by atoms with Crippen LogP contribution in [-0.4, -0.2) is 19.1 Å². The lowest BCUT2D eigenvalue weighted by Crippen LogP contribution is -2.01. The summed E-state index contributed by atoms with van der Waals surface area (Å²) in [5.41, 5.74) is 10.4. The van der Waals surface area contributed by atoms with E-state index in [1.165, 1.54) is 48.5 Å². The van der Waals surface area contributed by atoms with Crippen molar-refractivity contribution in [1.29, 1.82) is 73.7 Å². The Morgan fingerprint density at radius 2 is 0.490 bits per heavy atom. The molecule has 0 spiro atoms. The highest BCUT2D eigenvalue weighted by atomic mass is 15.0. The molecule has 0 fully saturated rings. The molecule has 0 radical (unpaired) electrons. The molecule has 18 nitrogen and oxygen atoms in total. The molecule has 0 saturated heterocycles. The molecule has 14 aromatic rings. The molecule has 0 aliphatic heterocycles. The number of fused-ring (bicyclic) bond motifs is 6. The van der Waals surface area contributed by atoms with Crippen LogP contribution in [0.5, 0.6) is 0 Å². The molecule has 14 rings (SSSR count). The SMILES string of the molecule is N#Cc1cc(C#N)c(-c2ccc3c(c2)c2cc(-c4c(C#N)cc(C#N)cc4C#N)ccc2n3-c2ccc(-c3cc(-c4ccc(-n5c6ccc(-c7c(C#N)cc(C#N)cc7C#N)cc6c6cc(-c7c(C#N)cc(C#N)cc7C#N)ccc65)cc4C#N)nc(-c4ccccc4)n3)c(C#N)c2)c(C#N)c1. The predicted molar refractivity (Wildman–Crippen MR) is 375 cm³/mol. The smallest absolute Gasteiger partial charge is 0.160 e. The van der Waals surface area contributed by atoms with Crippen LogP contribution in [0.2, 0.25) is 0 Å². The number of nitrogens with zero attached hydrogens (tertiary/aromatic N) is 18. The van der Waals surface area contributed by atoms with Crippen LogP contribution >= 0.6 is 0 Å². The van der Waals surface area contributed by atoms with Gasteiger partial charge in [-0.25, -0.2) is 9.97 Å². The average Bonchev–Trinajstić information content (AvgIpc) is 1.57. The van der Waals surface area contributed by atoms with E-state index in [1.807, 2.05) is 124 Å². The summed E-state index contributed by atoms with van der Waals surface area (Å²) < 4.78 is 3.86. The van der Waals surface area contributed by atoms with Crippen LogP contribution in [0.25, 0.3) is 133 Å². The van der Waals surface area contributed by atoms with E-state index in [9.17, 15) is 73.7 Å². The molecule has 11 aromatic carbocycles. The minimum absolute atomic E-state index is 0.0990. The van der Waals surface area contributed by atoms with E-state index >= 15 is 0 Å². The van der Waals surface area contributed by atoms with Crippen molar-refractivity contribution in [3.05, 3.63) is 272 Å². The minimum atomic E-state index is 0.0990. The van der Waals surface area contributed by atoms with Gasteiger partial charge in [0.1, 0.15) is 0 Å². The first-order valence-corrected chi connectivity index (χ1v) is 30.7. The van der Waals surface area contributed by atoms with Gasteiger partial charge in [0, 0.05) is 71.9 Å². The van der Waals surface area contributed by atoms with Crippen LogP contribution in [0.3, 0.4) is 0 Å². The lowest BCUT2D eigenvalue weighted by molar-refractivity contribution is 1.16. The molecule has 0 N–H and O–H groups in total. The van der Waals surface area contributed by atoms with E-state index in [0.717, 1.165) is 0 Å². The second-order valence-corrected chi connectivity index (χ2v) is 23.2. The maximum Gasteiger partial charge on any atom is 0.160 e. The molecule has 18 heteroatoms. The second kappa shape index (κ2) is 25.4. The zero-order valence-electron chi connectivity index (χ0n) is 52.5. The van der Waals surface area contributed by atoms with Gasteiger partial charge in [-0.15, -0.1) is 0 Å². The highest BCUT2D eigenvalue weighted by Gasteiger charge is 2.26. The summed E-state index contributed by atoms with van der Waals surface area (Å²) >= 11 is 0. The third-order valence-electron chi connectivity index (χ3n) is 17.8. The Kier molecular flexibility index (Phi) is 15.5. The number of hydrogen-bond acceptors (Lipinski definition) is 16. The Bertz CT molecular complexity index is 5990. The van der Waals surface area contributed by atoms with Crippen LogP contribution < -0.4 is 0 Å². The monoisotopic (exact) mass is 1290 g/mol. The molecule has 0 aliphatic rings. The Balaban J connectivity index is 0.935. The van der Waals surface area contributed by atoms with Crippen LogP contribution in [-0.2, 0) is 0 Å². The van der Waals surface area contributed by atoms with E-state index in [4.69, 9.17) is 9.97 Å². The standard InChI is InChI=1S/C84H32N18/c85-33-47-18-58(39-91)80(59(19-47)40-92)52-6-14-76-70(28-52)71-29-53(81-60(41-93)20-48(34-86)21-61(81)42-94)7-15-77(71)101(76)66-10-12-68(56(26-66)37-89)74-32-75(100-84(99-74)51-4-2-1-3-5-51)69-13-11-67(27-57(69)38-90)102-78-16-8-54(82-62(43-95)22-49(35-87)23-63(82)44-96)30-72(78)73-31-55(9-17-79(73)102)83-64(45-97)24-50(36-88)25-65(83)46-98/h1-32H. The van der Waals surface area contributed by atoms with Crippen molar-refractivity contribution >= 4 is 43.6 Å². The van der Waals surface area contributed by atoms with Gasteiger partial charge in [-0.1, -0.05) is 54.6 Å². The van der Waals surface area contributed by atoms with Crippen LogP contribution in [0, 0.1) is 159 Å². The fraction of sp³-hybridized carbons (Fsp3) is 0. The fourth-order valence-electron chi connectivity index (χ4n) is 13.4. The summed E-state index contributed by atoms with van der Waals surface area (Å²) in [6.07, 6.45) is 0. The Labute approximate surface area is 580 Å². The highest BCUT2D eigenvalue weighted by molar-refractivity contribution is 6.14. The lowest BCUT2D eigenvalue weighted by atomic mass is 9.91. The van der Waals surface area contributed by atoms with Crippen molar-refractivity contribution in [3.8, 4) is 175 Å². The van der Waals surface area contributed by atoms with Crippen molar-refractivity contribution in [2.45, 2.75) is 0 Å². The summed E-state index contributed by atoms with van der Waals surface area (Å²) in [5.74, 6) is 0.276. The molecule has 3 heterocycles. The van der Waals surface area contributed by atoms with Gasteiger partial charge in [0.25, 0.3) is 0 Å². The number of aromatic nitrogens is 4. The molecular formula is C84H32N18. The topological polar surface area (TPSA) is 369 Å². The molecule has 0 unspecified atom stereocenters. The summed E-state index contributed by atoms with van der Waals surface area (Å²) in [6.45, 7) is 0. The van der Waals surface area contributed by atoms with Gasteiger partial charge in [0.2, 0.25) is 0 Å². The molecule has 3 aromatic heterocycles. The summed E-state index contributed by atoms with van der Waals surface area (Å²) in [7, 11) is 0. The van der Waals surface area contributed by atoms with Crippen LogP contribution in [0.4, 0.5) is 0 Å². The second-order valence-electron chi connectivity index (χ2n) is 23.2. The van der Waals surface area contributed by atoms with Gasteiger partial charge < -0.3 is 9.13 Å². The van der Waals surface area contributed by atoms with Crippen LogP contribution in [0.15, 0.2) is 194 Å². The quantitative estimate of drug-likeness (QED) is 0.130. The van der Waals surface area contributed by atoms with E-state index in [2.05, 4.69) is 60.7 Å². The van der Waals surface area contributed by atoms with Crippen LogP contribution in [0.1, 0.15) is 77.9 Å². The van der Waals surface area contributed by atoms with Crippen molar-refractivity contribution in [1.82, 2.24) is 19.1 Å². The fourth-order valence-corrected chi connectivity index (χ4v) is 13.4. The third kappa shape index (κ3) is 10.3. The molecule has 102 heavy (non-hydrogen) atoms. The lowest BCUT2D eigenvalue weighted by Gasteiger charge is -2.15. The van der Waals surface area contributed by atoms with Gasteiger partial charge in [-0.3, -0.25) is 0 Å². The Hall–Kier alpha value is -17.0. The van der Waals surface area contributed by atoms with Crippen molar-refractivity contribution in [2.24, 2.45) is 0 Å².